The van der Waals surface area contributed by atoms with Gasteiger partial charge >= 0.3 is 0 Å². The van der Waals surface area contributed by atoms with Gasteiger partial charge in [0.1, 0.15) is 11.5 Å². The first kappa shape index (κ1) is 27.5. The molecule has 218 valence electrons. The Morgan fingerprint density at radius 2 is 0.935 bits per heavy atom. The lowest BCUT2D eigenvalue weighted by Crippen LogP contribution is -2.35. The second-order valence-corrected chi connectivity index (χ2v) is 11.6. The summed E-state index contributed by atoms with van der Waals surface area (Å²) in [6.07, 6.45) is 3.41. The van der Waals surface area contributed by atoms with Gasteiger partial charge in [-0.1, -0.05) is 133 Å². The highest BCUT2D eigenvalue weighted by atomic mass is 16.5. The van der Waals surface area contributed by atoms with Gasteiger partial charge in [0.2, 0.25) is 0 Å². The normalized spacial score (nSPS) is 13.2. The van der Waals surface area contributed by atoms with E-state index in [-0.39, 0.29) is 0 Å². The zero-order valence-corrected chi connectivity index (χ0v) is 25.1. The van der Waals surface area contributed by atoms with E-state index in [4.69, 9.17) is 15.6 Å². The van der Waals surface area contributed by atoms with E-state index in [1.54, 1.807) is 12.2 Å². The third-order valence-corrected chi connectivity index (χ3v) is 9.09. The Labute approximate surface area is 268 Å². The number of nitrogens with one attached hydrogen (secondary N) is 2. The summed E-state index contributed by atoms with van der Waals surface area (Å²) in [6, 6.07) is 54.2. The minimum Gasteiger partial charge on any atom is -0.457 e. The summed E-state index contributed by atoms with van der Waals surface area (Å²) in [5.74, 6) is 1.58. The largest absolute Gasteiger partial charge is 0.457 e. The fourth-order valence-electron chi connectivity index (χ4n) is 7.02. The molecule has 0 aliphatic carbocycles. The van der Waals surface area contributed by atoms with Crippen molar-refractivity contribution in [3.8, 4) is 11.5 Å². The standard InChI is InChI=1S/C43H30N2O/c44-39(31-14-2-1-3-15-31)25-26-40(45)32-24-27-42-38(28-32)43(37-20-8-9-23-41(37)46-42,35-21-10-16-29-12-4-6-18-33(29)35)36-22-11-17-30-13-5-7-19-34(30)36/h1-28,44-45H/b26-25-,44-39?,45-40?. The van der Waals surface area contributed by atoms with Gasteiger partial charge in [0.15, 0.2) is 0 Å². The zero-order chi connectivity index (χ0) is 31.1. The number of para-hydroxylation sites is 1. The van der Waals surface area contributed by atoms with E-state index in [1.807, 2.05) is 48.5 Å². The van der Waals surface area contributed by atoms with Crippen molar-refractivity contribution in [2.24, 2.45) is 0 Å². The molecule has 0 aromatic heterocycles. The average Bonchev–Trinajstić information content (AvgIpc) is 3.12. The van der Waals surface area contributed by atoms with Crippen molar-refractivity contribution in [2.75, 3.05) is 0 Å². The highest BCUT2D eigenvalue weighted by Gasteiger charge is 2.47. The third kappa shape index (κ3) is 4.36. The predicted octanol–water partition coefficient (Wildman–Crippen LogP) is 10.5. The Balaban J connectivity index is 1.43. The van der Waals surface area contributed by atoms with Crippen LogP contribution in [-0.4, -0.2) is 11.4 Å². The van der Waals surface area contributed by atoms with Crippen LogP contribution in [0.2, 0.25) is 0 Å². The van der Waals surface area contributed by atoms with Crippen LogP contribution in [0.3, 0.4) is 0 Å². The fraction of sp³-hybridized carbons (Fsp3) is 0.0233. The number of hydrogen-bond acceptors (Lipinski definition) is 3. The summed E-state index contributed by atoms with van der Waals surface area (Å²) in [5, 5.41) is 22.3. The molecule has 0 fully saturated rings. The molecule has 0 saturated carbocycles. The zero-order valence-electron chi connectivity index (χ0n) is 25.1. The highest BCUT2D eigenvalue weighted by molar-refractivity contribution is 6.14. The molecule has 3 nitrogen and oxygen atoms in total. The van der Waals surface area contributed by atoms with Crippen LogP contribution in [-0.2, 0) is 5.41 Å². The summed E-state index contributed by atoms with van der Waals surface area (Å²) in [6.45, 7) is 0. The number of hydrogen-bond donors (Lipinski definition) is 2. The number of ether oxygens (including phenoxy) is 1. The molecule has 0 spiro atoms. The monoisotopic (exact) mass is 590 g/mol. The molecule has 7 aromatic rings. The quantitative estimate of drug-likeness (QED) is 0.186. The third-order valence-electron chi connectivity index (χ3n) is 9.09. The summed E-state index contributed by atoms with van der Waals surface area (Å²) in [5.41, 5.74) is 5.84. The summed E-state index contributed by atoms with van der Waals surface area (Å²) < 4.78 is 6.67. The number of benzene rings is 7. The molecule has 0 bridgehead atoms. The smallest absolute Gasteiger partial charge is 0.132 e. The molecule has 3 heteroatoms. The van der Waals surface area contributed by atoms with Crippen molar-refractivity contribution in [3.63, 3.8) is 0 Å². The van der Waals surface area contributed by atoms with Crippen molar-refractivity contribution < 1.29 is 4.74 Å². The van der Waals surface area contributed by atoms with Gasteiger partial charge in [-0.2, -0.15) is 0 Å². The predicted molar refractivity (Wildman–Crippen MR) is 189 cm³/mol. The number of fused-ring (bicyclic) bond motifs is 4. The fourth-order valence-corrected chi connectivity index (χ4v) is 7.02. The molecule has 1 aliphatic rings. The topological polar surface area (TPSA) is 56.9 Å². The molecule has 0 unspecified atom stereocenters. The average molecular weight is 591 g/mol. The molecule has 8 rings (SSSR count). The van der Waals surface area contributed by atoms with E-state index in [2.05, 4.69) is 109 Å². The van der Waals surface area contributed by atoms with Gasteiger partial charge in [-0.25, -0.2) is 0 Å². The maximum atomic E-state index is 9.12. The van der Waals surface area contributed by atoms with E-state index < -0.39 is 5.41 Å². The number of allylic oxidation sites excluding steroid dienone is 2. The lowest BCUT2D eigenvalue weighted by atomic mass is 9.61. The molecule has 0 amide bonds. The molecule has 0 saturated heterocycles. The molecule has 1 aliphatic heterocycles. The minimum atomic E-state index is -0.761. The SMILES string of the molecule is N=C(/C=C\C(=N)c1ccc2c(c1)C(c1cccc3ccccc13)(c1cccc3ccccc13)c1ccccc1O2)c1ccccc1. The first-order valence-corrected chi connectivity index (χ1v) is 15.4. The first-order chi connectivity index (χ1) is 22.6. The van der Waals surface area contributed by atoms with Crippen molar-refractivity contribution in [3.05, 3.63) is 203 Å². The van der Waals surface area contributed by atoms with Crippen LogP contribution in [0.1, 0.15) is 33.4 Å². The molecule has 7 aromatic carbocycles. The van der Waals surface area contributed by atoms with Crippen LogP contribution < -0.4 is 4.74 Å². The van der Waals surface area contributed by atoms with Crippen molar-refractivity contribution in [1.29, 1.82) is 10.8 Å². The van der Waals surface area contributed by atoms with Crippen molar-refractivity contribution in [2.45, 2.75) is 5.41 Å². The van der Waals surface area contributed by atoms with Gasteiger partial charge in [-0.15, -0.1) is 0 Å². The summed E-state index contributed by atoms with van der Waals surface area (Å²) >= 11 is 0. The van der Waals surface area contributed by atoms with Gasteiger partial charge < -0.3 is 15.6 Å². The Bertz CT molecular complexity index is 2240. The Hall–Kier alpha value is -6.06. The lowest BCUT2D eigenvalue weighted by molar-refractivity contribution is 0.435. The molecule has 0 atom stereocenters. The molecule has 0 radical (unpaired) electrons. The van der Waals surface area contributed by atoms with Gasteiger partial charge in [0.05, 0.1) is 16.8 Å². The van der Waals surface area contributed by atoms with Crippen LogP contribution in [0.15, 0.2) is 170 Å². The van der Waals surface area contributed by atoms with Crippen LogP contribution in [0.5, 0.6) is 11.5 Å². The molecule has 46 heavy (non-hydrogen) atoms. The van der Waals surface area contributed by atoms with Crippen LogP contribution in [0.4, 0.5) is 0 Å². The maximum absolute atomic E-state index is 9.12. The van der Waals surface area contributed by atoms with Crippen molar-refractivity contribution in [1.82, 2.24) is 0 Å². The van der Waals surface area contributed by atoms with Gasteiger partial charge in [0.25, 0.3) is 0 Å². The summed E-state index contributed by atoms with van der Waals surface area (Å²) in [7, 11) is 0. The van der Waals surface area contributed by atoms with Crippen LogP contribution in [0.25, 0.3) is 21.5 Å². The van der Waals surface area contributed by atoms with E-state index in [1.165, 1.54) is 0 Å². The van der Waals surface area contributed by atoms with E-state index in [0.29, 0.717) is 11.4 Å². The Morgan fingerprint density at radius 3 is 1.61 bits per heavy atom. The molecular formula is C43H30N2O. The lowest BCUT2D eigenvalue weighted by Gasteiger charge is -2.42. The number of rotatable bonds is 6. The second-order valence-electron chi connectivity index (χ2n) is 11.6. The van der Waals surface area contributed by atoms with Gasteiger partial charge in [-0.05, 0) is 80.2 Å². The van der Waals surface area contributed by atoms with E-state index in [9.17, 15) is 0 Å². The Morgan fingerprint density at radius 1 is 0.435 bits per heavy atom. The Kier molecular flexibility index (Phi) is 6.66. The van der Waals surface area contributed by atoms with Crippen molar-refractivity contribution >= 4 is 33.0 Å². The molecular weight excluding hydrogens is 560 g/mol. The first-order valence-electron chi connectivity index (χ1n) is 15.4. The van der Waals surface area contributed by atoms with Gasteiger partial charge in [-0.3, -0.25) is 0 Å². The van der Waals surface area contributed by atoms with E-state index >= 15 is 0 Å². The van der Waals surface area contributed by atoms with Crippen LogP contribution in [0, 0.1) is 10.8 Å². The van der Waals surface area contributed by atoms with Gasteiger partial charge in [0, 0.05) is 11.1 Å². The van der Waals surface area contributed by atoms with Crippen LogP contribution >= 0.6 is 0 Å². The molecule has 2 N–H and O–H groups in total. The van der Waals surface area contributed by atoms with E-state index in [0.717, 1.165) is 66.4 Å². The summed E-state index contributed by atoms with van der Waals surface area (Å²) in [4.78, 5) is 0. The molecule has 1 heterocycles. The minimum absolute atomic E-state index is 0.326. The highest BCUT2D eigenvalue weighted by Crippen LogP contribution is 2.57. The second kappa shape index (κ2) is 11.1. The maximum Gasteiger partial charge on any atom is 0.132 e.